The maximum absolute atomic E-state index is 8.39. The molecule has 0 aliphatic carbocycles. The molecule has 0 amide bonds. The summed E-state index contributed by atoms with van der Waals surface area (Å²) in [6.45, 7) is 1.08. The van der Waals surface area contributed by atoms with Gasteiger partial charge in [-0.25, -0.2) is 0 Å². The first-order chi connectivity index (χ1) is 11.7. The summed E-state index contributed by atoms with van der Waals surface area (Å²) in [4.78, 5) is 1.49. The Labute approximate surface area is 132 Å². The Morgan fingerprint density at radius 2 is 1.16 bits per heavy atom. The van der Waals surface area contributed by atoms with Crippen molar-refractivity contribution in [1.82, 2.24) is 9.80 Å². The summed E-state index contributed by atoms with van der Waals surface area (Å²) in [6.07, 6.45) is 1.58. The smallest absolute Gasteiger partial charge is 0.0444 e. The molecule has 1 heterocycles. The minimum Gasteiger partial charge on any atom is -0.301 e. The van der Waals surface area contributed by atoms with Crippen molar-refractivity contribution in [3.05, 3.63) is 0 Å². The minimum absolute atomic E-state index is 0.0218. The van der Waals surface area contributed by atoms with Crippen LogP contribution in [0.5, 0.6) is 0 Å². The first-order valence-corrected chi connectivity index (χ1v) is 7.23. The Morgan fingerprint density at radius 1 is 0.737 bits per heavy atom. The fraction of sp³-hybridized carbons (Fsp3) is 1.00. The first-order valence-electron chi connectivity index (χ1n) is 11.2. The molecule has 0 bridgehead atoms. The van der Waals surface area contributed by atoms with Crippen LogP contribution < -0.4 is 0 Å². The Bertz CT molecular complexity index is 492. The van der Waals surface area contributed by atoms with Crippen LogP contribution in [-0.2, 0) is 0 Å². The lowest BCUT2D eigenvalue weighted by molar-refractivity contribution is 0.117. The Hall–Kier alpha value is -0.0800. The third-order valence-electron chi connectivity index (χ3n) is 3.03. The van der Waals surface area contributed by atoms with Gasteiger partial charge in [-0.05, 0) is 43.2 Å². The second-order valence-electron chi connectivity index (χ2n) is 7.73. The van der Waals surface area contributed by atoms with E-state index in [9.17, 15) is 0 Å². The summed E-state index contributed by atoms with van der Waals surface area (Å²) in [5.74, 6) is 0. The maximum atomic E-state index is 8.39. The normalized spacial score (nSPS) is 36.7. The van der Waals surface area contributed by atoms with Crippen molar-refractivity contribution in [1.29, 1.82) is 0 Å². The number of piperazine rings is 1. The molecule has 1 aliphatic rings. The van der Waals surface area contributed by atoms with E-state index in [0.717, 1.165) is 9.80 Å². The fourth-order valence-corrected chi connectivity index (χ4v) is 1.74. The van der Waals surface area contributed by atoms with Gasteiger partial charge in [0.1, 0.15) is 0 Å². The minimum atomic E-state index is -2.67. The summed E-state index contributed by atoms with van der Waals surface area (Å²) >= 11 is 0. The zero-order chi connectivity index (χ0) is 21.7. The van der Waals surface area contributed by atoms with Crippen LogP contribution >= 0.6 is 0 Å². The van der Waals surface area contributed by atoms with Crippen LogP contribution in [0.1, 0.15) is 71.8 Å². The Balaban J connectivity index is 3.25. The molecule has 0 aromatic rings. The highest BCUT2D eigenvalue weighted by molar-refractivity contribution is 4.74. The van der Waals surface area contributed by atoms with E-state index in [1.807, 2.05) is 41.5 Å². The van der Waals surface area contributed by atoms with Crippen molar-refractivity contribution >= 4 is 0 Å². The van der Waals surface area contributed by atoms with Crippen molar-refractivity contribution < 1.29 is 11.0 Å². The van der Waals surface area contributed by atoms with Gasteiger partial charge in [0.2, 0.25) is 0 Å². The second kappa shape index (κ2) is 7.08. The van der Waals surface area contributed by atoms with E-state index in [-0.39, 0.29) is 23.9 Å². The van der Waals surface area contributed by atoms with Gasteiger partial charge in [0.15, 0.2) is 0 Å². The van der Waals surface area contributed by atoms with Crippen molar-refractivity contribution in [2.24, 2.45) is 10.8 Å². The van der Waals surface area contributed by atoms with Gasteiger partial charge in [0, 0.05) is 37.0 Å². The summed E-state index contributed by atoms with van der Waals surface area (Å²) in [7, 11) is 0. The summed E-state index contributed by atoms with van der Waals surface area (Å²) in [6, 6.07) is 0. The molecule has 2 heteroatoms. The Morgan fingerprint density at radius 3 is 1.58 bits per heavy atom. The van der Waals surface area contributed by atoms with Gasteiger partial charge in [0.25, 0.3) is 0 Å². The Kier molecular flexibility index (Phi) is 3.12. The van der Waals surface area contributed by atoms with Gasteiger partial charge >= 0.3 is 0 Å². The number of rotatable bonds is 5. The summed E-state index contributed by atoms with van der Waals surface area (Å²) in [5, 5.41) is 0. The quantitative estimate of drug-likeness (QED) is 0.752. The van der Waals surface area contributed by atoms with Crippen LogP contribution in [-0.4, -0.2) is 48.9 Å². The van der Waals surface area contributed by atoms with Crippen LogP contribution in [0.25, 0.3) is 0 Å². The fourth-order valence-electron chi connectivity index (χ4n) is 1.74. The van der Waals surface area contributed by atoms with Gasteiger partial charge in [-0.2, -0.15) is 0 Å². The predicted octanol–water partition coefficient (Wildman–Crippen LogP) is 3.87. The molecule has 19 heavy (non-hydrogen) atoms. The number of nitrogens with zero attached hydrogens (tertiary/aromatic N) is 2. The molecule has 2 nitrogen and oxygen atoms in total. The van der Waals surface area contributed by atoms with E-state index in [4.69, 9.17) is 11.0 Å². The highest BCUT2D eigenvalue weighted by atomic mass is 15.3. The topological polar surface area (TPSA) is 6.48 Å². The third-order valence-corrected chi connectivity index (χ3v) is 3.03. The summed E-state index contributed by atoms with van der Waals surface area (Å²) < 4.78 is 67.1. The lowest BCUT2D eigenvalue weighted by Crippen LogP contribution is -2.47. The molecule has 1 fully saturated rings. The average Bonchev–Trinajstić information content (AvgIpc) is 2.38. The molecular weight excluding hydrogens is 232 g/mol. The van der Waals surface area contributed by atoms with Gasteiger partial charge < -0.3 is 9.80 Å². The van der Waals surface area contributed by atoms with E-state index in [1.165, 1.54) is 0 Å². The molecule has 0 radical (unpaired) electrons. The maximum Gasteiger partial charge on any atom is 0.0444 e. The molecule has 1 rings (SSSR count). The van der Waals surface area contributed by atoms with E-state index >= 15 is 0 Å². The van der Waals surface area contributed by atoms with Crippen LogP contribution in [0.2, 0.25) is 0 Å². The SMILES string of the molecule is [2H]C1([2H])N(CCCC(C)(C)C)C([2H])([2H])C([2H])([2H])N(CCC(C)(C)C)C1([2H])[2H]. The molecule has 0 N–H and O–H groups in total. The molecule has 0 unspecified atom stereocenters. The van der Waals surface area contributed by atoms with Crippen LogP contribution in [0.4, 0.5) is 0 Å². The molecule has 0 atom stereocenters. The highest BCUT2D eigenvalue weighted by Gasteiger charge is 2.19. The zero-order valence-electron chi connectivity index (χ0n) is 21.4. The van der Waals surface area contributed by atoms with E-state index in [0.29, 0.717) is 19.3 Å². The molecular formula is C17H36N2. The highest BCUT2D eigenvalue weighted by Crippen LogP contribution is 2.21. The second-order valence-corrected chi connectivity index (χ2v) is 7.73. The lowest BCUT2D eigenvalue weighted by atomic mass is 9.90. The van der Waals surface area contributed by atoms with E-state index < -0.39 is 26.0 Å². The van der Waals surface area contributed by atoms with Crippen LogP contribution in [0, 0.1) is 10.8 Å². The van der Waals surface area contributed by atoms with Gasteiger partial charge in [-0.1, -0.05) is 41.5 Å². The van der Waals surface area contributed by atoms with Crippen LogP contribution in [0.15, 0.2) is 0 Å². The molecule has 114 valence electrons. The number of hydrogen-bond acceptors (Lipinski definition) is 2. The van der Waals surface area contributed by atoms with Crippen molar-refractivity contribution in [3.63, 3.8) is 0 Å². The predicted molar refractivity (Wildman–Crippen MR) is 85.6 cm³/mol. The molecule has 0 saturated carbocycles. The monoisotopic (exact) mass is 276 g/mol. The molecule has 1 saturated heterocycles. The van der Waals surface area contributed by atoms with Gasteiger partial charge in [0.05, 0.1) is 0 Å². The first kappa shape index (κ1) is 8.38. The van der Waals surface area contributed by atoms with Crippen molar-refractivity contribution in [2.45, 2.75) is 60.8 Å². The molecule has 0 aromatic carbocycles. The van der Waals surface area contributed by atoms with E-state index in [2.05, 4.69) is 0 Å². The van der Waals surface area contributed by atoms with Crippen LogP contribution in [0.3, 0.4) is 0 Å². The standard InChI is InChI=1S/C17H36N2/c1-16(2,3)8-7-10-18-12-14-19(15-13-18)11-9-17(4,5)6/h7-15H2,1-6H3/i12D2,13D2,14D2,15D2. The van der Waals surface area contributed by atoms with E-state index in [1.54, 1.807) is 0 Å². The molecule has 0 spiro atoms. The van der Waals surface area contributed by atoms with Gasteiger partial charge in [-0.3, -0.25) is 0 Å². The summed E-state index contributed by atoms with van der Waals surface area (Å²) in [5.41, 5.74) is -0.235. The number of hydrogen-bond donors (Lipinski definition) is 0. The zero-order valence-corrected chi connectivity index (χ0v) is 13.4. The molecule has 1 aliphatic heterocycles. The van der Waals surface area contributed by atoms with Gasteiger partial charge in [-0.15, -0.1) is 0 Å². The van der Waals surface area contributed by atoms with Crippen molar-refractivity contribution in [2.75, 3.05) is 39.1 Å². The van der Waals surface area contributed by atoms with Crippen molar-refractivity contribution in [3.8, 4) is 0 Å². The largest absolute Gasteiger partial charge is 0.301 e. The molecule has 0 aromatic heterocycles. The lowest BCUT2D eigenvalue weighted by Gasteiger charge is -2.36. The third kappa shape index (κ3) is 8.65. The average molecular weight is 277 g/mol.